The van der Waals surface area contributed by atoms with Gasteiger partial charge in [0.25, 0.3) is 0 Å². The van der Waals surface area contributed by atoms with Crippen LogP contribution in [0.1, 0.15) is 64.6 Å². The molecule has 2 unspecified atom stereocenters. The van der Waals surface area contributed by atoms with Gasteiger partial charge in [-0.25, -0.2) is 0 Å². The van der Waals surface area contributed by atoms with Crippen molar-refractivity contribution in [3.05, 3.63) is 16.4 Å². The first kappa shape index (κ1) is 17.0. The Hall–Kier alpha value is -0.390. The minimum Gasteiger partial charge on any atom is -0.321 e. The second kappa shape index (κ2) is 7.25. The molecule has 1 fully saturated rings. The molecule has 0 saturated carbocycles. The van der Waals surface area contributed by atoms with Crippen LogP contribution in [-0.2, 0) is 6.54 Å². The van der Waals surface area contributed by atoms with E-state index in [1.165, 1.54) is 19.3 Å². The first-order chi connectivity index (χ1) is 10.0. The van der Waals surface area contributed by atoms with Crippen molar-refractivity contribution in [3.63, 3.8) is 0 Å². The summed E-state index contributed by atoms with van der Waals surface area (Å²) in [6.07, 6.45) is 7.94. The van der Waals surface area contributed by atoms with Crippen molar-refractivity contribution in [2.75, 3.05) is 13.1 Å². The van der Waals surface area contributed by atoms with E-state index in [1.807, 2.05) is 6.20 Å². The molecule has 1 saturated heterocycles. The van der Waals surface area contributed by atoms with Crippen LogP contribution in [-0.4, -0.2) is 33.3 Å². The molecule has 0 amide bonds. The molecule has 2 N–H and O–H groups in total. The van der Waals surface area contributed by atoms with Gasteiger partial charge in [-0.2, -0.15) is 5.10 Å². The van der Waals surface area contributed by atoms with Crippen molar-refractivity contribution in [2.45, 2.75) is 71.0 Å². The quantitative estimate of drug-likeness (QED) is 0.844. The van der Waals surface area contributed by atoms with E-state index in [0.717, 1.165) is 42.6 Å². The lowest BCUT2D eigenvalue weighted by atomic mass is 9.84. The van der Waals surface area contributed by atoms with E-state index in [2.05, 4.69) is 51.4 Å². The Balaban J connectivity index is 2.30. The van der Waals surface area contributed by atoms with Gasteiger partial charge in [0.15, 0.2) is 0 Å². The third-order valence-corrected chi connectivity index (χ3v) is 5.64. The van der Waals surface area contributed by atoms with Crippen LogP contribution in [0.15, 0.2) is 10.7 Å². The van der Waals surface area contributed by atoms with Gasteiger partial charge >= 0.3 is 0 Å². The minimum absolute atomic E-state index is 0.00549. The fourth-order valence-corrected chi connectivity index (χ4v) is 3.95. The maximum absolute atomic E-state index is 6.76. The molecule has 1 aliphatic rings. The molecule has 0 aromatic carbocycles. The largest absolute Gasteiger partial charge is 0.321 e. The van der Waals surface area contributed by atoms with Crippen molar-refractivity contribution >= 4 is 15.9 Å². The molecular weight excluding hydrogens is 328 g/mol. The molecule has 1 aromatic heterocycles. The lowest BCUT2D eigenvalue weighted by Crippen LogP contribution is -2.55. The van der Waals surface area contributed by atoms with Crippen LogP contribution in [0.4, 0.5) is 0 Å². The van der Waals surface area contributed by atoms with Crippen molar-refractivity contribution in [1.82, 2.24) is 14.7 Å². The number of hydrogen-bond acceptors (Lipinski definition) is 3. The van der Waals surface area contributed by atoms with Crippen LogP contribution in [0.2, 0.25) is 0 Å². The monoisotopic (exact) mass is 356 g/mol. The van der Waals surface area contributed by atoms with Gasteiger partial charge in [0.2, 0.25) is 0 Å². The van der Waals surface area contributed by atoms with Crippen LogP contribution in [0.25, 0.3) is 0 Å². The van der Waals surface area contributed by atoms with Gasteiger partial charge in [0, 0.05) is 12.1 Å². The number of rotatable bonds is 6. The number of likely N-dealkylation sites (tertiary alicyclic amines) is 1. The number of nitrogens with two attached hydrogens (primary N) is 1. The van der Waals surface area contributed by atoms with Crippen LogP contribution >= 0.6 is 15.9 Å². The summed E-state index contributed by atoms with van der Waals surface area (Å²) in [7, 11) is 0. The van der Waals surface area contributed by atoms with E-state index in [1.54, 1.807) is 0 Å². The molecule has 1 aromatic rings. The smallest absolute Gasteiger partial charge is 0.0712 e. The zero-order valence-corrected chi connectivity index (χ0v) is 15.2. The molecule has 21 heavy (non-hydrogen) atoms. The standard InChI is InChI=1S/C16H29BrN4/c1-4-9-21-14(13(17)12-19-21)15(18)16(3,5-2)20-10-7-6-8-11-20/h12,15H,4-11,18H2,1-3H3. The average molecular weight is 357 g/mol. The molecule has 1 aliphatic heterocycles. The van der Waals surface area contributed by atoms with E-state index < -0.39 is 0 Å². The van der Waals surface area contributed by atoms with Gasteiger partial charge in [-0.15, -0.1) is 0 Å². The molecule has 4 nitrogen and oxygen atoms in total. The highest BCUT2D eigenvalue weighted by atomic mass is 79.9. The van der Waals surface area contributed by atoms with Gasteiger partial charge in [-0.3, -0.25) is 9.58 Å². The minimum atomic E-state index is -0.0241. The van der Waals surface area contributed by atoms with E-state index in [0.29, 0.717) is 0 Å². The Labute approximate surface area is 137 Å². The van der Waals surface area contributed by atoms with Gasteiger partial charge in [-0.05, 0) is 61.6 Å². The molecule has 5 heteroatoms. The number of aryl methyl sites for hydroxylation is 1. The van der Waals surface area contributed by atoms with Crippen LogP contribution in [0.3, 0.4) is 0 Å². The Bertz CT molecular complexity index is 453. The highest BCUT2D eigenvalue weighted by Crippen LogP contribution is 2.37. The maximum Gasteiger partial charge on any atom is 0.0712 e. The van der Waals surface area contributed by atoms with E-state index in [-0.39, 0.29) is 11.6 Å². The summed E-state index contributed by atoms with van der Waals surface area (Å²) in [5.41, 5.74) is 7.90. The van der Waals surface area contributed by atoms with E-state index in [4.69, 9.17) is 5.73 Å². The highest BCUT2D eigenvalue weighted by Gasteiger charge is 2.39. The SMILES string of the molecule is CCCn1ncc(Br)c1C(N)C(C)(CC)N1CCCCC1. The molecule has 2 rings (SSSR count). The lowest BCUT2D eigenvalue weighted by Gasteiger charge is -2.46. The highest BCUT2D eigenvalue weighted by molar-refractivity contribution is 9.10. The van der Waals surface area contributed by atoms with Crippen molar-refractivity contribution < 1.29 is 0 Å². The third-order valence-electron chi connectivity index (χ3n) is 5.03. The number of hydrogen-bond donors (Lipinski definition) is 1. The topological polar surface area (TPSA) is 47.1 Å². The molecule has 0 spiro atoms. The molecule has 0 aliphatic carbocycles. The van der Waals surface area contributed by atoms with Gasteiger partial charge in [-0.1, -0.05) is 20.3 Å². The Morgan fingerprint density at radius 3 is 2.57 bits per heavy atom. The molecular formula is C16H29BrN4. The average Bonchev–Trinajstić information content (AvgIpc) is 2.87. The van der Waals surface area contributed by atoms with E-state index >= 15 is 0 Å². The zero-order valence-electron chi connectivity index (χ0n) is 13.6. The Morgan fingerprint density at radius 2 is 2.00 bits per heavy atom. The molecule has 120 valence electrons. The molecule has 0 radical (unpaired) electrons. The van der Waals surface area contributed by atoms with Gasteiger partial charge in [0.1, 0.15) is 0 Å². The number of halogens is 1. The fraction of sp³-hybridized carbons (Fsp3) is 0.812. The van der Waals surface area contributed by atoms with Crippen molar-refractivity contribution in [2.24, 2.45) is 5.73 Å². The summed E-state index contributed by atoms with van der Waals surface area (Å²) >= 11 is 3.65. The molecule has 0 bridgehead atoms. The van der Waals surface area contributed by atoms with Gasteiger partial charge < -0.3 is 5.73 Å². The van der Waals surface area contributed by atoms with Crippen molar-refractivity contribution in [3.8, 4) is 0 Å². The molecule has 2 atom stereocenters. The summed E-state index contributed by atoms with van der Waals surface area (Å²) in [5, 5.41) is 4.49. The van der Waals surface area contributed by atoms with Crippen molar-refractivity contribution in [1.29, 1.82) is 0 Å². The van der Waals surface area contributed by atoms with Crippen LogP contribution < -0.4 is 5.73 Å². The van der Waals surface area contributed by atoms with Gasteiger partial charge in [0.05, 0.1) is 22.4 Å². The summed E-state index contributed by atoms with van der Waals surface area (Å²) in [5.74, 6) is 0. The second-order valence-corrected chi connectivity index (χ2v) is 7.19. The van der Waals surface area contributed by atoms with Crippen LogP contribution in [0, 0.1) is 0 Å². The van der Waals surface area contributed by atoms with Crippen LogP contribution in [0.5, 0.6) is 0 Å². The molecule has 2 heterocycles. The summed E-state index contributed by atoms with van der Waals surface area (Å²) in [4.78, 5) is 2.59. The number of piperidine rings is 1. The summed E-state index contributed by atoms with van der Waals surface area (Å²) in [6.45, 7) is 10.00. The Morgan fingerprint density at radius 1 is 1.33 bits per heavy atom. The Kier molecular flexibility index (Phi) is 5.86. The zero-order chi connectivity index (χ0) is 15.5. The maximum atomic E-state index is 6.76. The first-order valence-electron chi connectivity index (χ1n) is 8.26. The van der Waals surface area contributed by atoms with E-state index in [9.17, 15) is 0 Å². The predicted molar refractivity (Wildman–Crippen MR) is 91.3 cm³/mol. The number of aromatic nitrogens is 2. The predicted octanol–water partition coefficient (Wildman–Crippen LogP) is 3.71. The fourth-order valence-electron chi connectivity index (χ4n) is 3.41. The normalized spacial score (nSPS) is 21.2. The first-order valence-corrected chi connectivity index (χ1v) is 9.05. The number of nitrogens with zero attached hydrogens (tertiary/aromatic N) is 3. The third kappa shape index (κ3) is 3.35. The second-order valence-electron chi connectivity index (χ2n) is 6.34. The lowest BCUT2D eigenvalue weighted by molar-refractivity contribution is 0.0516. The summed E-state index contributed by atoms with van der Waals surface area (Å²) in [6, 6.07) is -0.0241. The summed E-state index contributed by atoms with van der Waals surface area (Å²) < 4.78 is 3.12.